The molecule has 4 heteroatoms. The van der Waals surface area contributed by atoms with Crippen molar-refractivity contribution < 1.29 is 10.0 Å². The minimum Gasteiger partial charge on any atom is -0.343 e. The van der Waals surface area contributed by atoms with Crippen LogP contribution in [0.2, 0.25) is 0 Å². The van der Waals surface area contributed by atoms with Gasteiger partial charge in [-0.25, -0.2) is 5.48 Å². The van der Waals surface area contributed by atoms with Crippen molar-refractivity contribution in [2.24, 2.45) is 0 Å². The van der Waals surface area contributed by atoms with Crippen LogP contribution in [0, 0.1) is 0 Å². The number of hydroxylamine groups is 1. The van der Waals surface area contributed by atoms with E-state index in [0.29, 0.717) is 5.56 Å². The summed E-state index contributed by atoms with van der Waals surface area (Å²) in [6, 6.07) is 22.1. The van der Waals surface area contributed by atoms with Gasteiger partial charge in [-0.05, 0) is 46.0 Å². The number of hydrogen-bond acceptors (Lipinski definition) is 2. The lowest BCUT2D eigenvalue weighted by Crippen LogP contribution is -2.18. The van der Waals surface area contributed by atoms with Gasteiger partial charge in [0.15, 0.2) is 0 Å². The van der Waals surface area contributed by atoms with Gasteiger partial charge in [0, 0.05) is 23.8 Å². The first-order chi connectivity index (χ1) is 11.7. The second kappa shape index (κ2) is 5.83. The summed E-state index contributed by atoms with van der Waals surface area (Å²) in [4.78, 5) is 11.6. The predicted molar refractivity (Wildman–Crippen MR) is 94.2 cm³/mol. The van der Waals surface area contributed by atoms with Crippen LogP contribution in [-0.2, 0) is 6.54 Å². The molecule has 2 N–H and O–H groups in total. The molecule has 0 unspecified atom stereocenters. The van der Waals surface area contributed by atoms with Crippen LogP contribution in [0.15, 0.2) is 72.9 Å². The number of rotatable bonds is 3. The molecule has 4 aromatic rings. The molecule has 0 saturated heterocycles. The molecule has 0 bridgehead atoms. The second-order valence-corrected chi connectivity index (χ2v) is 5.84. The van der Waals surface area contributed by atoms with E-state index >= 15 is 0 Å². The highest BCUT2D eigenvalue weighted by Crippen LogP contribution is 2.21. The Hall–Kier alpha value is -3.11. The third-order valence-corrected chi connectivity index (χ3v) is 4.30. The molecule has 0 radical (unpaired) electrons. The zero-order chi connectivity index (χ0) is 16.5. The molecule has 118 valence electrons. The summed E-state index contributed by atoms with van der Waals surface area (Å²) in [6.07, 6.45) is 2.01. The average Bonchev–Trinajstić information content (AvgIpc) is 3.03. The van der Waals surface area contributed by atoms with Crippen molar-refractivity contribution in [3.8, 4) is 0 Å². The van der Waals surface area contributed by atoms with Crippen LogP contribution in [0.3, 0.4) is 0 Å². The van der Waals surface area contributed by atoms with Gasteiger partial charge in [-0.15, -0.1) is 0 Å². The number of carbonyl (C=O) groups excluding carboxylic acids is 1. The lowest BCUT2D eigenvalue weighted by molar-refractivity contribution is 0.0706. The summed E-state index contributed by atoms with van der Waals surface area (Å²) in [5.41, 5.74) is 4.27. The topological polar surface area (TPSA) is 54.3 Å². The zero-order valence-electron chi connectivity index (χ0n) is 12.9. The van der Waals surface area contributed by atoms with E-state index in [2.05, 4.69) is 34.9 Å². The van der Waals surface area contributed by atoms with E-state index in [1.54, 1.807) is 17.6 Å². The fourth-order valence-electron chi connectivity index (χ4n) is 3.06. The fourth-order valence-corrected chi connectivity index (χ4v) is 3.06. The van der Waals surface area contributed by atoms with E-state index in [1.165, 1.54) is 16.3 Å². The summed E-state index contributed by atoms with van der Waals surface area (Å²) in [7, 11) is 0. The first-order valence-electron chi connectivity index (χ1n) is 7.75. The molecular weight excluding hydrogens is 300 g/mol. The lowest BCUT2D eigenvalue weighted by Gasteiger charge is -2.08. The van der Waals surface area contributed by atoms with Crippen LogP contribution in [0.5, 0.6) is 0 Å². The molecule has 1 heterocycles. The molecule has 0 fully saturated rings. The van der Waals surface area contributed by atoms with Gasteiger partial charge >= 0.3 is 0 Å². The lowest BCUT2D eigenvalue weighted by atomic mass is 10.1. The van der Waals surface area contributed by atoms with E-state index in [-0.39, 0.29) is 0 Å². The number of fused-ring (bicyclic) bond motifs is 2. The molecule has 24 heavy (non-hydrogen) atoms. The Bertz CT molecular complexity index is 1050. The Kier molecular flexibility index (Phi) is 3.52. The summed E-state index contributed by atoms with van der Waals surface area (Å²) in [5.74, 6) is -0.504. The van der Waals surface area contributed by atoms with E-state index in [4.69, 9.17) is 5.21 Å². The van der Waals surface area contributed by atoms with Gasteiger partial charge < -0.3 is 4.57 Å². The third kappa shape index (κ3) is 2.53. The molecule has 0 aliphatic heterocycles. The quantitative estimate of drug-likeness (QED) is 0.444. The van der Waals surface area contributed by atoms with Gasteiger partial charge in [-0.2, -0.15) is 0 Å². The van der Waals surface area contributed by atoms with Crippen molar-refractivity contribution in [3.63, 3.8) is 0 Å². The summed E-state index contributed by atoms with van der Waals surface area (Å²) < 4.78 is 2.10. The number of hydrogen-bond donors (Lipinski definition) is 2. The minimum absolute atomic E-state index is 0.434. The first kappa shape index (κ1) is 14.5. The van der Waals surface area contributed by atoms with Crippen molar-refractivity contribution in [1.82, 2.24) is 10.0 Å². The van der Waals surface area contributed by atoms with E-state index in [1.807, 2.05) is 30.5 Å². The molecule has 0 saturated carbocycles. The number of benzene rings is 3. The van der Waals surface area contributed by atoms with Crippen LogP contribution >= 0.6 is 0 Å². The summed E-state index contributed by atoms with van der Waals surface area (Å²) >= 11 is 0. The second-order valence-electron chi connectivity index (χ2n) is 5.84. The standard InChI is InChI=1S/C20H16N2O2/c23-20(21-24)18-8-7-16-9-10-22(19(16)12-18)13-14-5-6-15-3-1-2-4-17(15)11-14/h1-12,24H,13H2,(H,21,23). The maximum absolute atomic E-state index is 11.6. The Morgan fingerprint density at radius 1 is 0.917 bits per heavy atom. The number of nitrogens with zero attached hydrogens (tertiary/aromatic N) is 1. The highest BCUT2D eigenvalue weighted by Gasteiger charge is 2.08. The fraction of sp³-hybridized carbons (Fsp3) is 0.0500. The van der Waals surface area contributed by atoms with Crippen molar-refractivity contribution in [2.45, 2.75) is 6.54 Å². The Balaban J connectivity index is 1.73. The average molecular weight is 316 g/mol. The van der Waals surface area contributed by atoms with Crippen molar-refractivity contribution in [1.29, 1.82) is 0 Å². The molecule has 3 aromatic carbocycles. The SMILES string of the molecule is O=C(NO)c1ccc2ccn(Cc3ccc4ccccc4c3)c2c1. The number of amides is 1. The highest BCUT2D eigenvalue weighted by atomic mass is 16.5. The molecule has 1 aromatic heterocycles. The van der Waals surface area contributed by atoms with Gasteiger partial charge in [0.05, 0.1) is 0 Å². The molecule has 0 aliphatic carbocycles. The van der Waals surface area contributed by atoms with Gasteiger partial charge in [0.2, 0.25) is 0 Å². The molecule has 4 nitrogen and oxygen atoms in total. The van der Waals surface area contributed by atoms with Crippen LogP contribution < -0.4 is 5.48 Å². The molecule has 0 spiro atoms. The van der Waals surface area contributed by atoms with Crippen molar-refractivity contribution in [2.75, 3.05) is 0 Å². The first-order valence-corrected chi connectivity index (χ1v) is 7.75. The molecule has 0 atom stereocenters. The Labute approximate surface area is 138 Å². The number of nitrogens with one attached hydrogen (secondary N) is 1. The Morgan fingerprint density at radius 3 is 2.54 bits per heavy atom. The van der Waals surface area contributed by atoms with Gasteiger partial charge in [-0.3, -0.25) is 10.0 Å². The normalized spacial score (nSPS) is 11.0. The smallest absolute Gasteiger partial charge is 0.274 e. The van der Waals surface area contributed by atoms with Crippen LogP contribution in [0.1, 0.15) is 15.9 Å². The van der Waals surface area contributed by atoms with Crippen LogP contribution in [0.25, 0.3) is 21.7 Å². The van der Waals surface area contributed by atoms with Crippen molar-refractivity contribution >= 4 is 27.6 Å². The largest absolute Gasteiger partial charge is 0.343 e. The van der Waals surface area contributed by atoms with E-state index in [9.17, 15) is 4.79 Å². The van der Waals surface area contributed by atoms with Crippen molar-refractivity contribution in [3.05, 3.63) is 84.1 Å². The summed E-state index contributed by atoms with van der Waals surface area (Å²) in [5, 5.41) is 12.3. The predicted octanol–water partition coefficient (Wildman–Crippen LogP) is 3.96. The van der Waals surface area contributed by atoms with Crippen LogP contribution in [-0.4, -0.2) is 15.7 Å². The number of aromatic nitrogens is 1. The highest BCUT2D eigenvalue weighted by molar-refractivity contribution is 5.97. The monoisotopic (exact) mass is 316 g/mol. The minimum atomic E-state index is -0.504. The number of carbonyl (C=O) groups is 1. The summed E-state index contributed by atoms with van der Waals surface area (Å²) in [6.45, 7) is 0.721. The van der Waals surface area contributed by atoms with E-state index < -0.39 is 5.91 Å². The zero-order valence-corrected chi connectivity index (χ0v) is 12.9. The molecule has 4 rings (SSSR count). The van der Waals surface area contributed by atoms with Gasteiger partial charge in [0.25, 0.3) is 5.91 Å². The molecular formula is C20H16N2O2. The molecule has 0 aliphatic rings. The van der Waals surface area contributed by atoms with Gasteiger partial charge in [-0.1, -0.05) is 42.5 Å². The molecule has 1 amide bonds. The Morgan fingerprint density at radius 2 is 1.71 bits per heavy atom. The third-order valence-electron chi connectivity index (χ3n) is 4.30. The maximum atomic E-state index is 11.6. The van der Waals surface area contributed by atoms with Crippen LogP contribution in [0.4, 0.5) is 0 Å². The van der Waals surface area contributed by atoms with Gasteiger partial charge in [0.1, 0.15) is 0 Å². The maximum Gasteiger partial charge on any atom is 0.274 e. The van der Waals surface area contributed by atoms with E-state index in [0.717, 1.165) is 17.4 Å².